The van der Waals surface area contributed by atoms with Crippen molar-refractivity contribution in [2.24, 2.45) is 5.73 Å². The van der Waals surface area contributed by atoms with Crippen molar-refractivity contribution in [3.05, 3.63) is 65.2 Å². The molecular weight excluding hydrogens is 338 g/mol. The molecular formula is C18H17N3O3S. The quantitative estimate of drug-likeness (QED) is 0.856. The van der Waals surface area contributed by atoms with Crippen LogP contribution in [0.1, 0.15) is 34.3 Å². The van der Waals surface area contributed by atoms with Crippen LogP contribution in [0.3, 0.4) is 0 Å². The van der Waals surface area contributed by atoms with E-state index in [1.807, 2.05) is 6.07 Å². The lowest BCUT2D eigenvalue weighted by molar-refractivity contribution is 0.1000. The second-order valence-electron chi connectivity index (χ2n) is 5.98. The number of primary amides is 1. The molecule has 0 atom stereocenters. The average Bonchev–Trinajstić information content (AvgIpc) is 3.44. The van der Waals surface area contributed by atoms with E-state index in [9.17, 15) is 13.2 Å². The van der Waals surface area contributed by atoms with Crippen molar-refractivity contribution in [1.29, 1.82) is 5.26 Å². The molecule has 2 N–H and O–H groups in total. The summed E-state index contributed by atoms with van der Waals surface area (Å²) < 4.78 is 27.4. The third kappa shape index (κ3) is 3.71. The predicted molar refractivity (Wildman–Crippen MR) is 91.9 cm³/mol. The molecule has 0 aliphatic heterocycles. The molecule has 25 heavy (non-hydrogen) atoms. The molecule has 0 spiro atoms. The zero-order chi connectivity index (χ0) is 18.0. The van der Waals surface area contributed by atoms with E-state index in [1.54, 1.807) is 24.3 Å². The van der Waals surface area contributed by atoms with Crippen molar-refractivity contribution in [3.8, 4) is 6.07 Å². The minimum absolute atomic E-state index is 0.0172. The number of nitrogens with zero attached hydrogens (tertiary/aromatic N) is 2. The zero-order valence-electron chi connectivity index (χ0n) is 13.4. The second-order valence-corrected chi connectivity index (χ2v) is 7.87. The van der Waals surface area contributed by atoms with Crippen LogP contribution in [0.4, 0.5) is 0 Å². The van der Waals surface area contributed by atoms with Gasteiger partial charge in [0.1, 0.15) is 0 Å². The Morgan fingerprint density at radius 1 is 1.12 bits per heavy atom. The summed E-state index contributed by atoms with van der Waals surface area (Å²) in [5, 5.41) is 8.85. The molecule has 128 valence electrons. The molecule has 1 fully saturated rings. The van der Waals surface area contributed by atoms with Gasteiger partial charge in [0.25, 0.3) is 0 Å². The molecule has 0 saturated heterocycles. The summed E-state index contributed by atoms with van der Waals surface area (Å²) in [6, 6.07) is 14.5. The van der Waals surface area contributed by atoms with E-state index in [0.717, 1.165) is 18.4 Å². The summed E-state index contributed by atoms with van der Waals surface area (Å²) in [4.78, 5) is 11.3. The second kappa shape index (κ2) is 6.67. The van der Waals surface area contributed by atoms with Gasteiger partial charge in [-0.15, -0.1) is 0 Å². The largest absolute Gasteiger partial charge is 0.366 e. The van der Waals surface area contributed by atoms with Gasteiger partial charge in [0.05, 0.1) is 16.5 Å². The Bertz CT molecular complexity index is 925. The predicted octanol–water partition coefficient (Wildman–Crippen LogP) is 2.01. The minimum atomic E-state index is -3.66. The fourth-order valence-corrected chi connectivity index (χ4v) is 4.24. The van der Waals surface area contributed by atoms with E-state index in [4.69, 9.17) is 11.0 Å². The summed E-state index contributed by atoms with van der Waals surface area (Å²) in [7, 11) is -3.66. The van der Waals surface area contributed by atoms with Gasteiger partial charge in [-0.2, -0.15) is 9.57 Å². The van der Waals surface area contributed by atoms with Crippen molar-refractivity contribution in [1.82, 2.24) is 4.31 Å². The van der Waals surface area contributed by atoms with Crippen molar-refractivity contribution in [2.45, 2.75) is 30.3 Å². The van der Waals surface area contributed by atoms with E-state index < -0.39 is 15.9 Å². The number of carbonyl (C=O) groups excluding carboxylic acids is 1. The van der Waals surface area contributed by atoms with E-state index in [2.05, 4.69) is 0 Å². The monoisotopic (exact) mass is 355 g/mol. The lowest BCUT2D eigenvalue weighted by Gasteiger charge is -2.22. The summed E-state index contributed by atoms with van der Waals surface area (Å²) >= 11 is 0. The molecule has 1 aliphatic rings. The maximum absolute atomic E-state index is 13.0. The number of amides is 1. The number of nitriles is 1. The topological polar surface area (TPSA) is 104 Å². The molecule has 1 aliphatic carbocycles. The fraction of sp³-hybridized carbons (Fsp3) is 0.222. The maximum atomic E-state index is 13.0. The molecule has 0 aromatic heterocycles. The SMILES string of the molecule is N#Cc1ccc(S(=O)(=O)N(Cc2ccc(C(N)=O)cc2)C2CC2)cc1. The van der Waals surface area contributed by atoms with Crippen molar-refractivity contribution >= 4 is 15.9 Å². The fourth-order valence-electron chi connectivity index (χ4n) is 2.56. The first-order valence-corrected chi connectivity index (χ1v) is 9.26. The van der Waals surface area contributed by atoms with Crippen molar-refractivity contribution in [2.75, 3.05) is 0 Å². The maximum Gasteiger partial charge on any atom is 0.248 e. The highest BCUT2D eigenvalue weighted by molar-refractivity contribution is 7.89. The first-order chi connectivity index (χ1) is 11.9. The van der Waals surface area contributed by atoms with Crippen molar-refractivity contribution in [3.63, 3.8) is 0 Å². The summed E-state index contributed by atoms with van der Waals surface area (Å²) in [5.74, 6) is -0.518. The highest BCUT2D eigenvalue weighted by Gasteiger charge is 2.38. The van der Waals surface area contributed by atoms with E-state index in [1.165, 1.54) is 28.6 Å². The molecule has 0 bridgehead atoms. The zero-order valence-corrected chi connectivity index (χ0v) is 14.2. The highest BCUT2D eigenvalue weighted by Crippen LogP contribution is 2.33. The van der Waals surface area contributed by atoms with Gasteiger partial charge in [0.2, 0.25) is 15.9 Å². The molecule has 1 amide bonds. The van der Waals surface area contributed by atoms with Crippen LogP contribution < -0.4 is 5.73 Å². The Morgan fingerprint density at radius 3 is 2.20 bits per heavy atom. The Balaban J connectivity index is 1.87. The van der Waals surface area contributed by atoms with Gasteiger partial charge in [-0.3, -0.25) is 4.79 Å². The number of nitrogens with two attached hydrogens (primary N) is 1. The molecule has 0 heterocycles. The lowest BCUT2D eigenvalue weighted by atomic mass is 10.1. The highest BCUT2D eigenvalue weighted by atomic mass is 32.2. The first-order valence-electron chi connectivity index (χ1n) is 7.82. The normalized spacial score (nSPS) is 14.2. The van der Waals surface area contributed by atoms with Crippen LogP contribution in [0.5, 0.6) is 0 Å². The van der Waals surface area contributed by atoms with Gasteiger partial charge >= 0.3 is 0 Å². The Morgan fingerprint density at radius 2 is 1.72 bits per heavy atom. The van der Waals surface area contributed by atoms with Crippen LogP contribution >= 0.6 is 0 Å². The van der Waals surface area contributed by atoms with Gasteiger partial charge < -0.3 is 5.73 Å². The van der Waals surface area contributed by atoms with E-state index in [-0.39, 0.29) is 17.5 Å². The molecule has 0 unspecified atom stereocenters. The number of rotatable bonds is 6. The van der Waals surface area contributed by atoms with Crippen LogP contribution in [-0.2, 0) is 16.6 Å². The van der Waals surface area contributed by atoms with Crippen LogP contribution in [-0.4, -0.2) is 24.7 Å². The molecule has 2 aromatic carbocycles. The summed E-state index contributed by atoms with van der Waals surface area (Å²) in [6.45, 7) is 0.228. The summed E-state index contributed by atoms with van der Waals surface area (Å²) in [5.41, 5.74) is 6.81. The number of hydrogen-bond donors (Lipinski definition) is 1. The number of carbonyl (C=O) groups is 1. The van der Waals surface area contributed by atoms with Gasteiger partial charge in [-0.1, -0.05) is 12.1 Å². The molecule has 3 rings (SSSR count). The van der Waals surface area contributed by atoms with E-state index in [0.29, 0.717) is 11.1 Å². The van der Waals surface area contributed by atoms with Gasteiger partial charge in [-0.25, -0.2) is 8.42 Å². The van der Waals surface area contributed by atoms with Crippen LogP contribution in [0.25, 0.3) is 0 Å². The minimum Gasteiger partial charge on any atom is -0.366 e. The smallest absolute Gasteiger partial charge is 0.248 e. The van der Waals surface area contributed by atoms with Crippen LogP contribution in [0.2, 0.25) is 0 Å². The molecule has 1 saturated carbocycles. The molecule has 2 aromatic rings. The third-order valence-corrected chi connectivity index (χ3v) is 6.03. The average molecular weight is 355 g/mol. The first kappa shape index (κ1) is 17.1. The Labute approximate surface area is 146 Å². The molecule has 6 nitrogen and oxygen atoms in total. The van der Waals surface area contributed by atoms with Crippen LogP contribution in [0, 0.1) is 11.3 Å². The number of sulfonamides is 1. The number of hydrogen-bond acceptors (Lipinski definition) is 4. The Hall–Kier alpha value is -2.69. The standard InChI is InChI=1S/C18H17N3O3S/c19-11-13-3-9-17(10-4-13)25(23,24)21(16-7-8-16)12-14-1-5-15(6-2-14)18(20)22/h1-6,9-10,16H,7-8,12H2,(H2,20,22). The lowest BCUT2D eigenvalue weighted by Crippen LogP contribution is -2.32. The van der Waals surface area contributed by atoms with Gasteiger partial charge in [0.15, 0.2) is 0 Å². The van der Waals surface area contributed by atoms with Gasteiger partial charge in [-0.05, 0) is 54.8 Å². The number of benzene rings is 2. The Kier molecular flexibility index (Phi) is 4.57. The molecule has 0 radical (unpaired) electrons. The van der Waals surface area contributed by atoms with Gasteiger partial charge in [0, 0.05) is 18.2 Å². The van der Waals surface area contributed by atoms with E-state index >= 15 is 0 Å². The van der Waals surface area contributed by atoms with Crippen molar-refractivity contribution < 1.29 is 13.2 Å². The van der Waals surface area contributed by atoms with Crippen LogP contribution in [0.15, 0.2) is 53.4 Å². The third-order valence-electron chi connectivity index (χ3n) is 4.12. The summed E-state index contributed by atoms with van der Waals surface area (Å²) in [6.07, 6.45) is 1.66. The molecule has 7 heteroatoms.